The first-order valence-corrected chi connectivity index (χ1v) is 17.8. The predicted octanol–water partition coefficient (Wildman–Crippen LogP) is 3.49. The summed E-state index contributed by atoms with van der Waals surface area (Å²) in [6.45, 7) is 5.18. The fraction of sp³-hybridized carbons (Fsp3) is 0.485. The average molecular weight is 680 g/mol. The Labute approximate surface area is 282 Å². The number of likely N-dealkylation sites (tertiary alicyclic amines) is 1. The smallest absolute Gasteiger partial charge is 0.271 e. The summed E-state index contributed by atoms with van der Waals surface area (Å²) in [5.74, 6) is -1.30. The van der Waals surface area contributed by atoms with Crippen LogP contribution in [-0.2, 0) is 20.8 Å². The SMILES string of the molecule is CC(C)[C@@H]1NC(=O)c2csc(n2)[C@H](Cc2ccccc2)NC(=O)CN(C(=O)CCN2CCCCC2=O)CCCNC(=O)c2csc1n2. The molecule has 2 aromatic heterocycles. The summed E-state index contributed by atoms with van der Waals surface area (Å²) >= 11 is 2.59. The van der Waals surface area contributed by atoms with Crippen molar-refractivity contribution in [1.82, 2.24) is 35.7 Å². The second kappa shape index (κ2) is 16.1. The maximum Gasteiger partial charge on any atom is 0.271 e. The molecule has 14 heteroatoms. The van der Waals surface area contributed by atoms with Crippen LogP contribution < -0.4 is 16.0 Å². The fourth-order valence-corrected chi connectivity index (χ4v) is 7.49. The number of aromatic nitrogens is 2. The summed E-state index contributed by atoms with van der Waals surface area (Å²) in [5, 5.41) is 13.5. The molecule has 250 valence electrons. The van der Waals surface area contributed by atoms with Crippen LogP contribution in [0.4, 0.5) is 0 Å². The second-order valence-electron chi connectivity index (χ2n) is 12.2. The van der Waals surface area contributed by atoms with Gasteiger partial charge in [-0.1, -0.05) is 44.2 Å². The number of fused-ring (bicyclic) bond motifs is 4. The maximum atomic E-state index is 13.6. The third-order valence-electron chi connectivity index (χ3n) is 8.24. The number of thiazole rings is 2. The van der Waals surface area contributed by atoms with Crippen LogP contribution in [0.5, 0.6) is 0 Å². The zero-order chi connectivity index (χ0) is 33.3. The summed E-state index contributed by atoms with van der Waals surface area (Å²) < 4.78 is 0. The van der Waals surface area contributed by atoms with Crippen LogP contribution in [0, 0.1) is 5.92 Å². The fourth-order valence-electron chi connectivity index (χ4n) is 5.62. The molecule has 0 radical (unpaired) electrons. The Morgan fingerprint density at radius 1 is 0.915 bits per heavy atom. The van der Waals surface area contributed by atoms with Gasteiger partial charge in [0.15, 0.2) is 0 Å². The van der Waals surface area contributed by atoms with Crippen LogP contribution in [0.25, 0.3) is 0 Å². The van der Waals surface area contributed by atoms with E-state index in [4.69, 9.17) is 0 Å². The molecule has 0 aliphatic carbocycles. The normalized spacial score (nSPS) is 20.1. The number of nitrogens with one attached hydrogen (secondary N) is 3. The van der Waals surface area contributed by atoms with E-state index in [0.29, 0.717) is 42.4 Å². The number of hydrogen-bond donors (Lipinski definition) is 3. The lowest BCUT2D eigenvalue weighted by Crippen LogP contribution is -2.45. The molecule has 0 unspecified atom stereocenters. The van der Waals surface area contributed by atoms with Gasteiger partial charge in [0.25, 0.3) is 11.8 Å². The third kappa shape index (κ3) is 9.22. The van der Waals surface area contributed by atoms with Crippen LogP contribution in [0.15, 0.2) is 41.1 Å². The number of amides is 5. The van der Waals surface area contributed by atoms with Crippen LogP contribution in [-0.4, -0.2) is 82.0 Å². The third-order valence-corrected chi connectivity index (χ3v) is 10.1. The predicted molar refractivity (Wildman–Crippen MR) is 179 cm³/mol. The first-order valence-electron chi connectivity index (χ1n) is 16.1. The Balaban J connectivity index is 1.40. The van der Waals surface area contributed by atoms with Gasteiger partial charge in [-0.3, -0.25) is 24.0 Å². The van der Waals surface area contributed by atoms with Gasteiger partial charge in [-0.05, 0) is 37.2 Å². The number of nitrogens with zero attached hydrogens (tertiary/aromatic N) is 4. The Hall–Kier alpha value is -4.17. The van der Waals surface area contributed by atoms with Crippen LogP contribution in [0.2, 0.25) is 0 Å². The highest BCUT2D eigenvalue weighted by Crippen LogP contribution is 2.27. The van der Waals surface area contributed by atoms with Crippen molar-refractivity contribution in [3.05, 3.63) is 68.1 Å². The van der Waals surface area contributed by atoms with Crippen molar-refractivity contribution >= 4 is 52.2 Å². The lowest BCUT2D eigenvalue weighted by atomic mass is 10.0. The summed E-state index contributed by atoms with van der Waals surface area (Å²) in [4.78, 5) is 78.0. The molecule has 3 aromatic rings. The van der Waals surface area contributed by atoms with E-state index in [1.54, 1.807) is 15.7 Å². The van der Waals surface area contributed by atoms with Crippen molar-refractivity contribution in [2.45, 2.75) is 64.5 Å². The van der Waals surface area contributed by atoms with Gasteiger partial charge in [0.05, 0.1) is 18.6 Å². The minimum absolute atomic E-state index is 0.00473. The van der Waals surface area contributed by atoms with Gasteiger partial charge in [0.2, 0.25) is 17.7 Å². The molecule has 4 bridgehead atoms. The first-order chi connectivity index (χ1) is 22.7. The highest BCUT2D eigenvalue weighted by molar-refractivity contribution is 7.10. The van der Waals surface area contributed by atoms with Gasteiger partial charge < -0.3 is 25.8 Å². The molecular formula is C33H41N7O5S2. The molecule has 1 aromatic carbocycles. The van der Waals surface area contributed by atoms with Gasteiger partial charge >= 0.3 is 0 Å². The zero-order valence-electron chi connectivity index (χ0n) is 26.7. The maximum absolute atomic E-state index is 13.6. The van der Waals surface area contributed by atoms with Crippen molar-refractivity contribution < 1.29 is 24.0 Å². The minimum atomic E-state index is -0.539. The van der Waals surface area contributed by atoms with Crippen molar-refractivity contribution in [3.63, 3.8) is 0 Å². The number of rotatable bonds is 6. The van der Waals surface area contributed by atoms with Gasteiger partial charge in [-0.2, -0.15) is 0 Å². The molecule has 1 saturated heterocycles. The first kappa shape index (κ1) is 34.2. The molecule has 0 saturated carbocycles. The van der Waals surface area contributed by atoms with E-state index in [1.807, 2.05) is 44.2 Å². The van der Waals surface area contributed by atoms with Gasteiger partial charge in [-0.25, -0.2) is 9.97 Å². The van der Waals surface area contributed by atoms with Crippen molar-refractivity contribution in [1.29, 1.82) is 0 Å². The van der Waals surface area contributed by atoms with Gasteiger partial charge in [0, 0.05) is 49.8 Å². The van der Waals surface area contributed by atoms with Crippen molar-refractivity contribution in [2.24, 2.45) is 5.92 Å². The molecule has 5 rings (SSSR count). The van der Waals surface area contributed by atoms with Crippen LogP contribution >= 0.6 is 22.7 Å². The number of carbonyl (C=O) groups excluding carboxylic acids is 5. The largest absolute Gasteiger partial charge is 0.351 e. The summed E-state index contributed by atoms with van der Waals surface area (Å²) in [7, 11) is 0. The molecule has 47 heavy (non-hydrogen) atoms. The Morgan fingerprint density at radius 3 is 2.38 bits per heavy atom. The van der Waals surface area contributed by atoms with Crippen LogP contribution in [0.1, 0.15) is 94.6 Å². The molecule has 12 nitrogen and oxygen atoms in total. The molecule has 2 aliphatic rings. The summed E-state index contributed by atoms with van der Waals surface area (Å²) in [5.41, 5.74) is 1.45. The van der Waals surface area contributed by atoms with E-state index in [9.17, 15) is 24.0 Å². The standard InChI is InChI=1S/C33H41N7O5S2/c1-21(2)29-33-37-24(19-47-33)30(44)34-13-8-15-40(28(43)12-16-39-14-7-6-11-27(39)42)18-26(41)35-23(17-22-9-4-3-5-10-22)32-36-25(20-46-32)31(45)38-29/h3-5,9-10,19-21,23,29H,6-8,11-18H2,1-2H3,(H,34,44)(H,35,41)(H,38,45)/t23-,29-/m0/s1. The summed E-state index contributed by atoms with van der Waals surface area (Å²) in [6, 6.07) is 8.71. The van der Waals surface area contributed by atoms with E-state index in [1.165, 1.54) is 27.6 Å². The Morgan fingerprint density at radius 2 is 1.64 bits per heavy atom. The lowest BCUT2D eigenvalue weighted by molar-refractivity contribution is -0.138. The second-order valence-corrected chi connectivity index (χ2v) is 13.9. The number of piperidine rings is 1. The zero-order valence-corrected chi connectivity index (χ0v) is 28.3. The van der Waals surface area contributed by atoms with E-state index in [0.717, 1.165) is 18.4 Å². The number of carbonyl (C=O) groups is 5. The van der Waals surface area contributed by atoms with E-state index >= 15 is 0 Å². The molecule has 3 N–H and O–H groups in total. The van der Waals surface area contributed by atoms with Crippen molar-refractivity contribution in [3.8, 4) is 0 Å². The quantitative estimate of drug-likeness (QED) is 0.361. The molecule has 5 amide bonds. The molecule has 1 fully saturated rings. The van der Waals surface area contributed by atoms with E-state index in [-0.39, 0.29) is 72.9 Å². The highest BCUT2D eigenvalue weighted by Gasteiger charge is 2.28. The van der Waals surface area contributed by atoms with Gasteiger partial charge in [-0.15, -0.1) is 22.7 Å². The van der Waals surface area contributed by atoms with Crippen LogP contribution in [0.3, 0.4) is 0 Å². The lowest BCUT2D eigenvalue weighted by Gasteiger charge is -2.28. The monoisotopic (exact) mass is 679 g/mol. The minimum Gasteiger partial charge on any atom is -0.351 e. The van der Waals surface area contributed by atoms with E-state index < -0.39 is 12.1 Å². The highest BCUT2D eigenvalue weighted by atomic mass is 32.1. The number of benzene rings is 1. The number of hydrogen-bond acceptors (Lipinski definition) is 9. The van der Waals surface area contributed by atoms with Crippen molar-refractivity contribution in [2.75, 3.05) is 32.7 Å². The molecular weight excluding hydrogens is 639 g/mol. The molecule has 2 aliphatic heterocycles. The molecule has 4 heterocycles. The van der Waals surface area contributed by atoms with Gasteiger partial charge in [0.1, 0.15) is 21.4 Å². The van der Waals surface area contributed by atoms with E-state index in [2.05, 4.69) is 25.9 Å². The Kier molecular flexibility index (Phi) is 11.7. The molecule has 2 atom stereocenters. The molecule has 0 spiro atoms. The summed E-state index contributed by atoms with van der Waals surface area (Å²) in [6.07, 6.45) is 3.21. The average Bonchev–Trinajstić information content (AvgIpc) is 3.75. The Bertz CT molecular complexity index is 1570. The topological polar surface area (TPSA) is 154 Å².